The summed E-state index contributed by atoms with van der Waals surface area (Å²) >= 11 is 0. The fourth-order valence-electron chi connectivity index (χ4n) is 12.7. The van der Waals surface area contributed by atoms with Gasteiger partial charge in [0.1, 0.15) is 98.2 Å². The molecule has 1 aromatic carbocycles. The highest BCUT2D eigenvalue weighted by Gasteiger charge is 2.49. The standard InChI is InChI=1S/C84H137N21O24/c1-24-84(23,74(128)93-47(32-35-54(85)108)59(112)90-49(66(119)120)34-37-56(87)110)104-73(127)81(17,18)100-65(118)58(44(4)5)95-64(117)53-31-28-38-105(53)75(129)83(21,22)99-62(115)50(39-43(2)3)91-60(113)52(42-106)94-69(123)78(11,12)102-72(126)82(19,20)103-71(125)79(13,14)97-61(114)48(33-36-55(86)109)92-68(122)77(9,10)101-70(124)80(15,16)98-63(116)51(40-46-29-26-25-27-30-46)89-57(111)41-88-67(121)76(7,8)96-45(6)107/h25-27,29-30,43-44,47-53,58,106H,24,28,31-42H2,1-23H3,(H2,85,108)(H2,86,109)(H2,87,110)(H,88,121)(H,89,111)(H,90,112)(H,91,113)(H,92,122)(H,93,128)(H,94,123)(H,95,117)(H,96,107)(H,97,114)(H,98,116)(H,99,115)(H,100,118)(H,101,124)(H,102,126)(H,103,125)(H,104,127)(H,119,120)/t47-,48-,49-,50-,51-,52-,53-,58-,84-/m0/s1. The number of hydrogen-bond donors (Lipinski definition) is 22. The number of nitrogens with one attached hydrogen (secondary N) is 17. The molecule has 21 amide bonds. The van der Waals surface area contributed by atoms with Gasteiger partial charge in [-0.1, -0.05) is 65.0 Å². The molecule has 1 saturated heterocycles. The number of hydrogen-bond acceptors (Lipinski definition) is 23. The minimum absolute atomic E-state index is 0.00394. The molecule has 25 N–H and O–H groups in total. The number of likely N-dealkylation sites (tertiary alicyclic amines) is 1. The maximum atomic E-state index is 14.6. The highest BCUT2D eigenvalue weighted by Crippen LogP contribution is 2.25. The first-order chi connectivity index (χ1) is 58.9. The zero-order chi connectivity index (χ0) is 99.6. The number of aliphatic hydroxyl groups is 1. The topological polar surface area (TPSA) is 702 Å². The Morgan fingerprint density at radius 3 is 1.23 bits per heavy atom. The Morgan fingerprint density at radius 1 is 0.419 bits per heavy atom. The molecule has 45 nitrogen and oxygen atoms in total. The summed E-state index contributed by atoms with van der Waals surface area (Å²) in [6.45, 7) is 29.6. The van der Waals surface area contributed by atoms with Gasteiger partial charge in [-0.05, 0) is 180 Å². The molecule has 9 atom stereocenters. The van der Waals surface area contributed by atoms with Crippen molar-refractivity contribution in [3.05, 3.63) is 35.9 Å². The quantitative estimate of drug-likeness (QED) is 0.0290. The number of carboxylic acids is 1. The summed E-state index contributed by atoms with van der Waals surface area (Å²) in [5.74, 6) is -21.5. The Hall–Kier alpha value is -12.5. The van der Waals surface area contributed by atoms with E-state index in [9.17, 15) is 116 Å². The van der Waals surface area contributed by atoms with Gasteiger partial charge >= 0.3 is 5.97 Å². The second-order valence-electron chi connectivity index (χ2n) is 37.4. The van der Waals surface area contributed by atoms with Gasteiger partial charge < -0.3 is 123 Å². The first kappa shape index (κ1) is 113. The average molecular weight is 1830 g/mol. The Balaban J connectivity index is 2.24. The Labute approximate surface area is 750 Å². The lowest BCUT2D eigenvalue weighted by Crippen LogP contribution is -2.68. The van der Waals surface area contributed by atoms with Gasteiger partial charge in [0.15, 0.2) is 0 Å². The summed E-state index contributed by atoms with van der Waals surface area (Å²) in [6.07, 6.45) is -2.53. The number of benzene rings is 1. The van der Waals surface area contributed by atoms with Crippen molar-refractivity contribution in [2.24, 2.45) is 29.0 Å². The lowest BCUT2D eigenvalue weighted by molar-refractivity contribution is -0.146. The summed E-state index contributed by atoms with van der Waals surface area (Å²) < 4.78 is 0. The van der Waals surface area contributed by atoms with E-state index < -0.39 is 286 Å². The highest BCUT2D eigenvalue weighted by molar-refractivity contribution is 6.05. The van der Waals surface area contributed by atoms with E-state index in [1.54, 1.807) is 58.0 Å². The molecule has 0 bridgehead atoms. The number of primary amides is 3. The van der Waals surface area contributed by atoms with Crippen molar-refractivity contribution < 1.29 is 116 Å². The van der Waals surface area contributed by atoms with Crippen LogP contribution in [-0.4, -0.2) is 263 Å². The van der Waals surface area contributed by atoms with Gasteiger partial charge in [-0.25, -0.2) is 4.79 Å². The summed E-state index contributed by atoms with van der Waals surface area (Å²) in [5, 5.41) is 62.7. The van der Waals surface area contributed by atoms with Crippen LogP contribution < -0.4 is 108 Å². The number of carbonyl (C=O) groups is 22. The van der Waals surface area contributed by atoms with Gasteiger partial charge in [0.2, 0.25) is 124 Å². The van der Waals surface area contributed by atoms with Gasteiger partial charge in [0.25, 0.3) is 0 Å². The molecule has 129 heavy (non-hydrogen) atoms. The smallest absolute Gasteiger partial charge is 0.326 e. The van der Waals surface area contributed by atoms with Crippen LogP contribution in [0, 0.1) is 11.8 Å². The van der Waals surface area contributed by atoms with Gasteiger partial charge in [0, 0.05) is 39.2 Å². The van der Waals surface area contributed by atoms with Crippen molar-refractivity contribution in [2.75, 3.05) is 19.7 Å². The highest BCUT2D eigenvalue weighted by atomic mass is 16.4. The molecular formula is C84H137N21O24. The molecule has 1 fully saturated rings. The maximum Gasteiger partial charge on any atom is 0.326 e. The fourth-order valence-corrected chi connectivity index (χ4v) is 12.7. The Morgan fingerprint density at radius 2 is 0.798 bits per heavy atom. The molecule has 1 heterocycles. The lowest BCUT2D eigenvalue weighted by atomic mass is 9.93. The first-order valence-electron chi connectivity index (χ1n) is 42.3. The molecule has 722 valence electrons. The van der Waals surface area contributed by atoms with E-state index in [-0.39, 0.29) is 44.6 Å². The SMILES string of the molecule is CC[C@](C)(NC(=O)C(C)(C)NC(=O)[C@@H](NC(=O)[C@@H]1CCCN1C(=O)C(C)(C)NC(=O)[C@H](CC(C)C)NC(=O)[C@H](CO)NC(=O)C(C)(C)NC(=O)C(C)(C)NC(=O)C(C)(C)NC(=O)[C@H](CCC(N)=O)NC(=O)C(C)(C)NC(=O)C(C)(C)NC(=O)[C@H](Cc1ccccc1)NC(=O)CNC(=O)C(C)(C)NC(C)=O)C(C)C)C(=O)N[C@@H](CCC(N)=O)C(=O)N[C@@H](CCC(N)=O)C(=O)O. The number of aliphatic hydroxyl groups excluding tert-OH is 1. The van der Waals surface area contributed by atoms with Crippen LogP contribution in [0.15, 0.2) is 30.3 Å². The monoisotopic (exact) mass is 1820 g/mol. The Bertz CT molecular complexity index is 4350. The van der Waals surface area contributed by atoms with Gasteiger partial charge in [0.05, 0.1) is 13.2 Å². The summed E-state index contributed by atoms with van der Waals surface area (Å²) in [7, 11) is 0. The predicted molar refractivity (Wildman–Crippen MR) is 466 cm³/mol. The second-order valence-corrected chi connectivity index (χ2v) is 37.4. The number of carboxylic acid groups (broad SMARTS) is 1. The molecule has 0 radical (unpaired) electrons. The van der Waals surface area contributed by atoms with Crippen LogP contribution in [0.2, 0.25) is 0 Å². The maximum absolute atomic E-state index is 14.6. The zero-order valence-corrected chi connectivity index (χ0v) is 78.1. The summed E-state index contributed by atoms with van der Waals surface area (Å²) in [5.41, 5.74) is 0.0149. The van der Waals surface area contributed by atoms with Crippen LogP contribution in [0.1, 0.15) is 229 Å². The van der Waals surface area contributed by atoms with E-state index in [0.29, 0.717) is 5.56 Å². The van der Waals surface area contributed by atoms with Crippen molar-refractivity contribution in [3.8, 4) is 0 Å². The molecule has 1 aliphatic rings. The fraction of sp³-hybridized carbons (Fsp3) is 0.667. The third-order valence-electron chi connectivity index (χ3n) is 21.1. The van der Waals surface area contributed by atoms with Crippen LogP contribution in [0.3, 0.4) is 0 Å². The van der Waals surface area contributed by atoms with Crippen LogP contribution in [0.4, 0.5) is 0 Å². The van der Waals surface area contributed by atoms with E-state index in [4.69, 9.17) is 17.2 Å². The number of rotatable bonds is 51. The predicted octanol–water partition coefficient (Wildman–Crippen LogP) is -5.23. The third kappa shape index (κ3) is 35.2. The number of carbonyl (C=O) groups excluding carboxylic acids is 21. The van der Waals surface area contributed by atoms with Crippen molar-refractivity contribution in [3.63, 3.8) is 0 Å². The van der Waals surface area contributed by atoms with Crippen molar-refractivity contribution in [1.29, 1.82) is 0 Å². The molecule has 45 heteroatoms. The van der Waals surface area contributed by atoms with E-state index in [2.05, 4.69) is 90.4 Å². The van der Waals surface area contributed by atoms with Crippen molar-refractivity contribution >= 4 is 130 Å². The molecule has 0 spiro atoms. The molecule has 0 aromatic heterocycles. The van der Waals surface area contributed by atoms with Crippen LogP contribution >= 0.6 is 0 Å². The molecule has 0 saturated carbocycles. The number of amides is 21. The van der Waals surface area contributed by atoms with E-state index in [1.165, 1.54) is 136 Å². The summed E-state index contributed by atoms with van der Waals surface area (Å²) in [4.78, 5) is 298. The Kier molecular flexibility index (Phi) is 41.0. The van der Waals surface area contributed by atoms with Crippen LogP contribution in [0.5, 0.6) is 0 Å². The average Bonchev–Trinajstić information content (AvgIpc) is 1.67. The molecule has 0 aliphatic carbocycles. The van der Waals surface area contributed by atoms with Crippen LogP contribution in [-0.2, 0) is 112 Å². The summed E-state index contributed by atoms with van der Waals surface area (Å²) in [6, 6.07) is -3.52. The number of nitrogens with two attached hydrogens (primary N) is 3. The normalized spacial score (nSPS) is 15.3. The number of aliphatic carboxylic acids is 1. The molecule has 1 aromatic rings. The van der Waals surface area contributed by atoms with E-state index in [1.807, 2.05) is 0 Å². The largest absolute Gasteiger partial charge is 0.480 e. The third-order valence-corrected chi connectivity index (χ3v) is 21.1. The molecule has 1 aliphatic heterocycles. The van der Waals surface area contributed by atoms with Crippen LogP contribution in [0.25, 0.3) is 0 Å². The van der Waals surface area contributed by atoms with Gasteiger partial charge in [-0.2, -0.15) is 0 Å². The van der Waals surface area contributed by atoms with E-state index >= 15 is 0 Å². The molecule has 0 unspecified atom stereocenters. The lowest BCUT2D eigenvalue weighted by Gasteiger charge is -2.36. The molecular weight excluding hydrogens is 1690 g/mol. The van der Waals surface area contributed by atoms with Crippen molar-refractivity contribution in [1.82, 2.24) is 95.3 Å². The van der Waals surface area contributed by atoms with Gasteiger partial charge in [-0.15, -0.1) is 0 Å². The van der Waals surface area contributed by atoms with E-state index in [0.717, 1.165) is 0 Å². The number of nitrogens with zero attached hydrogens (tertiary/aromatic N) is 1. The second kappa shape index (κ2) is 47.0. The first-order valence-corrected chi connectivity index (χ1v) is 42.3. The zero-order valence-electron chi connectivity index (χ0n) is 78.1. The minimum Gasteiger partial charge on any atom is -0.480 e. The minimum atomic E-state index is -1.96. The van der Waals surface area contributed by atoms with Crippen molar-refractivity contribution in [2.45, 2.75) is 328 Å². The van der Waals surface area contributed by atoms with Gasteiger partial charge in [-0.3, -0.25) is 101 Å². The molecule has 2 rings (SSSR count).